The molecule has 20 heavy (non-hydrogen) atoms. The second-order valence-corrected chi connectivity index (χ2v) is 6.43. The lowest BCUT2D eigenvalue weighted by Gasteiger charge is -2.20. The molecule has 0 aliphatic carbocycles. The predicted octanol–water partition coefficient (Wildman–Crippen LogP) is 1.98. The van der Waals surface area contributed by atoms with Gasteiger partial charge < -0.3 is 20.3 Å². The van der Waals surface area contributed by atoms with Gasteiger partial charge in [-0.05, 0) is 46.7 Å². The summed E-state index contributed by atoms with van der Waals surface area (Å²) >= 11 is 0. The molecule has 0 radical (unpaired) electrons. The first-order chi connectivity index (χ1) is 9.47. The molecule has 0 aromatic heterocycles. The summed E-state index contributed by atoms with van der Waals surface area (Å²) < 4.78 is 5.17. The van der Waals surface area contributed by atoms with Gasteiger partial charge in [-0.2, -0.15) is 0 Å². The molecule has 0 saturated carbocycles. The van der Waals surface area contributed by atoms with Crippen LogP contribution in [0.4, 0.5) is 4.79 Å². The highest BCUT2D eigenvalue weighted by Gasteiger charge is 2.15. The Kier molecular flexibility index (Phi) is 7.92. The van der Waals surface area contributed by atoms with E-state index in [2.05, 4.69) is 15.5 Å². The Morgan fingerprint density at radius 2 is 1.70 bits per heavy atom. The topological polar surface area (TPSA) is 53.6 Å². The summed E-state index contributed by atoms with van der Waals surface area (Å²) in [5, 5.41) is 6.11. The minimum Gasteiger partial charge on any atom is -0.444 e. The molecule has 0 unspecified atom stereocenters. The molecule has 1 rings (SSSR count). The molecule has 0 bridgehead atoms. The Balaban J connectivity index is 1.95. The second kappa shape index (κ2) is 9.19. The van der Waals surface area contributed by atoms with E-state index in [9.17, 15) is 4.79 Å². The van der Waals surface area contributed by atoms with Crippen LogP contribution in [-0.2, 0) is 4.74 Å². The van der Waals surface area contributed by atoms with Gasteiger partial charge in [0.15, 0.2) is 0 Å². The van der Waals surface area contributed by atoms with E-state index in [0.717, 1.165) is 19.6 Å². The Morgan fingerprint density at radius 3 is 2.30 bits per heavy atom. The number of carbonyl (C=O) groups excluding carboxylic acids is 1. The number of amides is 1. The highest BCUT2D eigenvalue weighted by atomic mass is 16.6. The van der Waals surface area contributed by atoms with Gasteiger partial charge >= 0.3 is 6.09 Å². The van der Waals surface area contributed by atoms with Crippen molar-refractivity contribution in [2.24, 2.45) is 0 Å². The number of hydrogen-bond donors (Lipinski definition) is 2. The summed E-state index contributed by atoms with van der Waals surface area (Å²) in [6.45, 7) is 11.5. The molecule has 0 atom stereocenters. The van der Waals surface area contributed by atoms with Gasteiger partial charge in [-0.25, -0.2) is 4.79 Å². The largest absolute Gasteiger partial charge is 0.444 e. The quantitative estimate of drug-likeness (QED) is 0.733. The zero-order chi connectivity index (χ0) is 14.8. The molecular weight excluding hydrogens is 254 g/mol. The molecule has 0 aromatic rings. The third-order valence-electron chi connectivity index (χ3n) is 3.27. The lowest BCUT2D eigenvalue weighted by molar-refractivity contribution is 0.0528. The monoisotopic (exact) mass is 285 g/mol. The van der Waals surface area contributed by atoms with Crippen molar-refractivity contribution in [1.82, 2.24) is 15.5 Å². The van der Waals surface area contributed by atoms with Gasteiger partial charge in [0.25, 0.3) is 0 Å². The first-order valence-electron chi connectivity index (χ1n) is 7.87. The average molecular weight is 285 g/mol. The van der Waals surface area contributed by atoms with E-state index in [1.807, 2.05) is 20.8 Å². The summed E-state index contributed by atoms with van der Waals surface area (Å²) in [5.74, 6) is 0. The van der Waals surface area contributed by atoms with Crippen LogP contribution in [-0.4, -0.2) is 55.9 Å². The van der Waals surface area contributed by atoms with E-state index >= 15 is 0 Å². The van der Waals surface area contributed by atoms with Crippen molar-refractivity contribution in [1.29, 1.82) is 0 Å². The first-order valence-corrected chi connectivity index (χ1v) is 7.87. The maximum atomic E-state index is 11.4. The molecule has 1 fully saturated rings. The fourth-order valence-electron chi connectivity index (χ4n) is 2.29. The first kappa shape index (κ1) is 17.2. The lowest BCUT2D eigenvalue weighted by atomic mass is 10.2. The maximum absolute atomic E-state index is 11.4. The minimum absolute atomic E-state index is 0.341. The van der Waals surface area contributed by atoms with E-state index in [-0.39, 0.29) is 6.09 Å². The number of hydrogen-bond acceptors (Lipinski definition) is 4. The molecule has 118 valence electrons. The third kappa shape index (κ3) is 9.15. The molecule has 2 N–H and O–H groups in total. The average Bonchev–Trinajstić information content (AvgIpc) is 2.60. The van der Waals surface area contributed by atoms with Crippen molar-refractivity contribution in [3.05, 3.63) is 0 Å². The molecule has 1 saturated heterocycles. The third-order valence-corrected chi connectivity index (χ3v) is 3.27. The van der Waals surface area contributed by atoms with Crippen LogP contribution in [0, 0.1) is 0 Å². The van der Waals surface area contributed by atoms with Crippen LogP contribution < -0.4 is 10.6 Å². The Morgan fingerprint density at radius 1 is 1.05 bits per heavy atom. The summed E-state index contributed by atoms with van der Waals surface area (Å²) in [4.78, 5) is 13.9. The van der Waals surface area contributed by atoms with Crippen molar-refractivity contribution >= 4 is 6.09 Å². The highest BCUT2D eigenvalue weighted by Crippen LogP contribution is 2.08. The van der Waals surface area contributed by atoms with Gasteiger partial charge in [0.1, 0.15) is 5.60 Å². The normalized spacial score (nSPS) is 17.6. The number of rotatable bonds is 6. The van der Waals surface area contributed by atoms with Crippen LogP contribution in [0.15, 0.2) is 0 Å². The van der Waals surface area contributed by atoms with Crippen molar-refractivity contribution in [2.45, 2.75) is 52.1 Å². The number of ether oxygens (including phenoxy) is 1. The van der Waals surface area contributed by atoms with Gasteiger partial charge in [0.2, 0.25) is 0 Å². The molecule has 5 heteroatoms. The zero-order valence-electron chi connectivity index (χ0n) is 13.3. The van der Waals surface area contributed by atoms with Crippen LogP contribution in [0.1, 0.15) is 46.5 Å². The standard InChI is InChI=1S/C15H31N3O2/c1-15(2,3)20-14(19)17-9-8-16-10-13-18-11-6-4-5-7-12-18/h16H,4-13H2,1-3H3,(H,17,19). The van der Waals surface area contributed by atoms with Gasteiger partial charge in [0, 0.05) is 26.2 Å². The Labute approximate surface area is 123 Å². The summed E-state index contributed by atoms with van der Waals surface area (Å²) in [7, 11) is 0. The van der Waals surface area contributed by atoms with Crippen LogP contribution in [0.3, 0.4) is 0 Å². The molecule has 1 amide bonds. The number of nitrogens with zero attached hydrogens (tertiary/aromatic N) is 1. The lowest BCUT2D eigenvalue weighted by Crippen LogP contribution is -2.38. The fraction of sp³-hybridized carbons (Fsp3) is 0.933. The van der Waals surface area contributed by atoms with Crippen LogP contribution in [0.5, 0.6) is 0 Å². The molecular formula is C15H31N3O2. The van der Waals surface area contributed by atoms with Crippen molar-refractivity contribution in [3.8, 4) is 0 Å². The SMILES string of the molecule is CC(C)(C)OC(=O)NCCNCCN1CCCCCC1. The smallest absolute Gasteiger partial charge is 0.407 e. The highest BCUT2D eigenvalue weighted by molar-refractivity contribution is 5.67. The number of likely N-dealkylation sites (tertiary alicyclic amines) is 1. The van der Waals surface area contributed by atoms with Crippen LogP contribution >= 0.6 is 0 Å². The van der Waals surface area contributed by atoms with E-state index in [1.54, 1.807) is 0 Å². The number of nitrogens with one attached hydrogen (secondary N) is 2. The second-order valence-electron chi connectivity index (χ2n) is 6.43. The Bertz CT molecular complexity index is 269. The zero-order valence-corrected chi connectivity index (χ0v) is 13.3. The Hall–Kier alpha value is -0.810. The van der Waals surface area contributed by atoms with Gasteiger partial charge in [-0.3, -0.25) is 0 Å². The van der Waals surface area contributed by atoms with Gasteiger partial charge in [-0.15, -0.1) is 0 Å². The van der Waals surface area contributed by atoms with Crippen molar-refractivity contribution in [3.63, 3.8) is 0 Å². The number of carbonyl (C=O) groups is 1. The van der Waals surface area contributed by atoms with Crippen molar-refractivity contribution < 1.29 is 9.53 Å². The van der Waals surface area contributed by atoms with Crippen LogP contribution in [0.2, 0.25) is 0 Å². The van der Waals surface area contributed by atoms with Crippen LogP contribution in [0.25, 0.3) is 0 Å². The van der Waals surface area contributed by atoms with Gasteiger partial charge in [-0.1, -0.05) is 12.8 Å². The summed E-state index contributed by atoms with van der Waals surface area (Å²) in [6, 6.07) is 0. The maximum Gasteiger partial charge on any atom is 0.407 e. The van der Waals surface area contributed by atoms with Crippen molar-refractivity contribution in [2.75, 3.05) is 39.3 Å². The summed E-state index contributed by atoms with van der Waals surface area (Å²) in [5.41, 5.74) is -0.426. The fourth-order valence-corrected chi connectivity index (χ4v) is 2.29. The predicted molar refractivity (Wildman–Crippen MR) is 82.0 cm³/mol. The molecule has 1 heterocycles. The van der Waals surface area contributed by atoms with E-state index in [0.29, 0.717) is 6.54 Å². The van der Waals surface area contributed by atoms with E-state index in [4.69, 9.17) is 4.74 Å². The molecule has 1 aliphatic rings. The molecule has 0 aromatic carbocycles. The van der Waals surface area contributed by atoms with E-state index in [1.165, 1.54) is 38.8 Å². The minimum atomic E-state index is -0.426. The molecule has 0 spiro atoms. The molecule has 1 aliphatic heterocycles. The number of alkyl carbamates (subject to hydrolysis) is 1. The summed E-state index contributed by atoms with van der Waals surface area (Å²) in [6.07, 6.45) is 5.08. The van der Waals surface area contributed by atoms with Gasteiger partial charge in [0.05, 0.1) is 0 Å². The molecule has 5 nitrogen and oxygen atoms in total. The van der Waals surface area contributed by atoms with E-state index < -0.39 is 5.60 Å².